The molecule has 10 rings (SSSR count). The molecular weight excluding hydrogens is 682 g/mol. The van der Waals surface area contributed by atoms with Gasteiger partial charge in [-0.05, 0) is 117 Å². The molecule has 0 atom stereocenters. The van der Waals surface area contributed by atoms with Gasteiger partial charge in [0.05, 0.1) is 11.1 Å². The van der Waals surface area contributed by atoms with E-state index in [1.54, 1.807) is 0 Å². The van der Waals surface area contributed by atoms with E-state index in [-0.39, 0.29) is 5.41 Å². The second kappa shape index (κ2) is 12.2. The summed E-state index contributed by atoms with van der Waals surface area (Å²) in [5.74, 6) is 0.664. The summed E-state index contributed by atoms with van der Waals surface area (Å²) in [6.45, 7) is 0. The Morgan fingerprint density at radius 2 is 1.06 bits per heavy atom. The lowest BCUT2D eigenvalue weighted by atomic mass is 9.70. The quantitative estimate of drug-likeness (QED) is 0.171. The van der Waals surface area contributed by atoms with Crippen molar-refractivity contribution in [2.75, 3.05) is 4.90 Å². The van der Waals surface area contributed by atoms with Crippen molar-refractivity contribution in [2.45, 2.75) is 43.4 Å². The standard InChI is InChI=1S/C49H38BrN/c50-37-28-24-35(25-29-37)36-14-10-15-39(32-36)51(38-30-26-34(27-31-38)33-12-2-1-3-13-33)47-23-11-22-46-48(47)42-18-6-9-21-45(42)49(46)43-19-7-4-16-40(43)41-17-5-8-20-44(41)49/h4-11,14-33H,1-3,12-13H2. The Morgan fingerprint density at radius 1 is 0.471 bits per heavy atom. The van der Waals surface area contributed by atoms with Crippen molar-refractivity contribution in [2.24, 2.45) is 0 Å². The van der Waals surface area contributed by atoms with E-state index in [4.69, 9.17) is 0 Å². The van der Waals surface area contributed by atoms with Crippen LogP contribution < -0.4 is 4.90 Å². The van der Waals surface area contributed by atoms with Gasteiger partial charge in [-0.2, -0.15) is 0 Å². The summed E-state index contributed by atoms with van der Waals surface area (Å²) < 4.78 is 1.09. The molecule has 0 bridgehead atoms. The molecule has 0 radical (unpaired) electrons. The number of anilines is 3. The van der Waals surface area contributed by atoms with E-state index >= 15 is 0 Å². The maximum atomic E-state index is 3.63. The lowest BCUT2D eigenvalue weighted by molar-refractivity contribution is 0.443. The van der Waals surface area contributed by atoms with Crippen LogP contribution in [0.3, 0.4) is 0 Å². The van der Waals surface area contributed by atoms with Crippen LogP contribution in [0.2, 0.25) is 0 Å². The van der Waals surface area contributed by atoms with Crippen LogP contribution in [0.15, 0.2) is 168 Å². The summed E-state index contributed by atoms with van der Waals surface area (Å²) in [6.07, 6.45) is 6.64. The Balaban J connectivity index is 1.22. The number of hydrogen-bond acceptors (Lipinski definition) is 1. The molecule has 0 aromatic heterocycles. The van der Waals surface area contributed by atoms with E-state index in [0.29, 0.717) is 5.92 Å². The normalized spacial score (nSPS) is 15.2. The van der Waals surface area contributed by atoms with Gasteiger partial charge in [0.25, 0.3) is 0 Å². The lowest BCUT2D eigenvalue weighted by Crippen LogP contribution is -2.26. The van der Waals surface area contributed by atoms with Gasteiger partial charge in [-0.15, -0.1) is 0 Å². The third kappa shape index (κ3) is 4.73. The van der Waals surface area contributed by atoms with E-state index in [1.165, 1.54) is 105 Å². The van der Waals surface area contributed by atoms with Crippen LogP contribution in [-0.2, 0) is 5.41 Å². The minimum Gasteiger partial charge on any atom is -0.310 e. The Kier molecular flexibility index (Phi) is 7.36. The van der Waals surface area contributed by atoms with Gasteiger partial charge in [0.2, 0.25) is 0 Å². The summed E-state index contributed by atoms with van der Waals surface area (Å²) in [5.41, 5.74) is 17.8. The first-order valence-electron chi connectivity index (χ1n) is 18.4. The van der Waals surface area contributed by atoms with Gasteiger partial charge in [0, 0.05) is 21.4 Å². The molecule has 0 amide bonds. The second-order valence-corrected chi connectivity index (χ2v) is 15.3. The van der Waals surface area contributed by atoms with E-state index in [0.717, 1.165) is 10.2 Å². The first kappa shape index (κ1) is 30.6. The minimum absolute atomic E-state index is 0.384. The fraction of sp³-hybridized carbons (Fsp3) is 0.143. The molecule has 7 aromatic rings. The molecule has 0 unspecified atom stereocenters. The lowest BCUT2D eigenvalue weighted by Gasteiger charge is -2.32. The fourth-order valence-electron chi connectivity index (χ4n) is 9.54. The highest BCUT2D eigenvalue weighted by atomic mass is 79.9. The summed E-state index contributed by atoms with van der Waals surface area (Å²) in [4.78, 5) is 2.51. The Bertz CT molecular complexity index is 2370. The average molecular weight is 721 g/mol. The zero-order valence-corrected chi connectivity index (χ0v) is 30.1. The van der Waals surface area contributed by atoms with Crippen LogP contribution in [0, 0.1) is 0 Å². The van der Waals surface area contributed by atoms with Gasteiger partial charge in [-0.1, -0.05) is 157 Å². The third-order valence-electron chi connectivity index (χ3n) is 11.7. The SMILES string of the molecule is Brc1ccc(-c2cccc(N(c3ccc(C4CCCCC4)cc3)c3cccc4c3-c3ccccc3C43c4ccccc4-c4ccccc43)c2)cc1. The van der Waals surface area contributed by atoms with Gasteiger partial charge in [0.15, 0.2) is 0 Å². The first-order chi connectivity index (χ1) is 25.2. The van der Waals surface area contributed by atoms with Crippen LogP contribution in [0.5, 0.6) is 0 Å². The largest absolute Gasteiger partial charge is 0.310 e. The van der Waals surface area contributed by atoms with E-state index in [1.807, 2.05) is 0 Å². The third-order valence-corrected chi connectivity index (χ3v) is 12.3. The first-order valence-corrected chi connectivity index (χ1v) is 19.2. The van der Waals surface area contributed by atoms with Gasteiger partial charge < -0.3 is 4.90 Å². The van der Waals surface area contributed by atoms with Crippen LogP contribution in [0.1, 0.15) is 65.8 Å². The molecule has 0 heterocycles. The molecule has 246 valence electrons. The van der Waals surface area contributed by atoms with Gasteiger partial charge >= 0.3 is 0 Å². The highest BCUT2D eigenvalue weighted by Crippen LogP contribution is 2.64. The van der Waals surface area contributed by atoms with Crippen molar-refractivity contribution in [3.63, 3.8) is 0 Å². The molecule has 0 aliphatic heterocycles. The summed E-state index contributed by atoms with van der Waals surface area (Å²) >= 11 is 3.63. The molecule has 1 nitrogen and oxygen atoms in total. The smallest absolute Gasteiger partial charge is 0.0726 e. The molecule has 7 aromatic carbocycles. The molecule has 1 fully saturated rings. The van der Waals surface area contributed by atoms with Crippen molar-refractivity contribution in [1.82, 2.24) is 0 Å². The van der Waals surface area contributed by atoms with E-state index < -0.39 is 0 Å². The summed E-state index contributed by atoms with van der Waals surface area (Å²) in [7, 11) is 0. The fourth-order valence-corrected chi connectivity index (χ4v) is 9.80. The Morgan fingerprint density at radius 3 is 1.75 bits per heavy atom. The average Bonchev–Trinajstić information content (AvgIpc) is 3.67. The predicted octanol–water partition coefficient (Wildman–Crippen LogP) is 14.0. The molecular formula is C49H38BrN. The topological polar surface area (TPSA) is 3.24 Å². The summed E-state index contributed by atoms with van der Waals surface area (Å²) in [6, 6.07) is 61.5. The molecule has 3 aliphatic carbocycles. The van der Waals surface area contributed by atoms with Crippen molar-refractivity contribution in [1.29, 1.82) is 0 Å². The second-order valence-electron chi connectivity index (χ2n) is 14.4. The molecule has 0 N–H and O–H groups in total. The monoisotopic (exact) mass is 719 g/mol. The van der Waals surface area contributed by atoms with Gasteiger partial charge in [-0.25, -0.2) is 0 Å². The number of hydrogen-bond donors (Lipinski definition) is 0. The van der Waals surface area contributed by atoms with Gasteiger partial charge in [0.1, 0.15) is 0 Å². The van der Waals surface area contributed by atoms with E-state index in [2.05, 4.69) is 185 Å². The zero-order valence-electron chi connectivity index (χ0n) is 28.5. The highest BCUT2D eigenvalue weighted by Gasteiger charge is 2.52. The van der Waals surface area contributed by atoms with Crippen molar-refractivity contribution >= 4 is 33.0 Å². The number of rotatable bonds is 5. The van der Waals surface area contributed by atoms with Crippen molar-refractivity contribution < 1.29 is 0 Å². The van der Waals surface area contributed by atoms with Gasteiger partial charge in [-0.3, -0.25) is 0 Å². The summed E-state index contributed by atoms with van der Waals surface area (Å²) in [5, 5.41) is 0. The molecule has 1 saturated carbocycles. The maximum absolute atomic E-state index is 3.63. The molecule has 51 heavy (non-hydrogen) atoms. The number of fused-ring (bicyclic) bond motifs is 10. The predicted molar refractivity (Wildman–Crippen MR) is 216 cm³/mol. The molecule has 3 aliphatic rings. The molecule has 0 saturated heterocycles. The molecule has 1 spiro atoms. The van der Waals surface area contributed by atoms with Crippen molar-refractivity contribution in [3.05, 3.63) is 196 Å². The number of nitrogens with zero attached hydrogens (tertiary/aromatic N) is 1. The van der Waals surface area contributed by atoms with Crippen LogP contribution in [-0.4, -0.2) is 0 Å². The maximum Gasteiger partial charge on any atom is 0.0726 e. The Hall–Kier alpha value is -5.18. The number of benzene rings is 7. The van der Waals surface area contributed by atoms with E-state index in [9.17, 15) is 0 Å². The van der Waals surface area contributed by atoms with Crippen LogP contribution in [0.4, 0.5) is 17.1 Å². The highest BCUT2D eigenvalue weighted by molar-refractivity contribution is 9.10. The minimum atomic E-state index is -0.384. The van der Waals surface area contributed by atoms with Crippen molar-refractivity contribution in [3.8, 4) is 33.4 Å². The van der Waals surface area contributed by atoms with Crippen LogP contribution >= 0.6 is 15.9 Å². The number of halogens is 1. The zero-order chi connectivity index (χ0) is 33.9. The Labute approximate surface area is 309 Å². The van der Waals surface area contributed by atoms with Crippen LogP contribution in [0.25, 0.3) is 33.4 Å². The molecule has 2 heteroatoms.